The van der Waals surface area contributed by atoms with Crippen LogP contribution in [0.15, 0.2) is 52.5 Å². The zero-order valence-corrected chi connectivity index (χ0v) is 17.4. The summed E-state index contributed by atoms with van der Waals surface area (Å²) in [7, 11) is -1.36. The molecule has 0 saturated carbocycles. The maximum absolute atomic E-state index is 12.5. The summed E-state index contributed by atoms with van der Waals surface area (Å²) in [6.07, 6.45) is 2.48. The standard InChI is InChI=1S/C20H22N4O4S/c1-20(2,3)28-19(26)22-15-7-5-6-13(10-15)12-24-16(25)9-8-14-11-21-18(29(4)27)23-17(14)24/h5-11H,12H2,1-4H3,(H,22,26). The van der Waals surface area contributed by atoms with Gasteiger partial charge < -0.3 is 4.74 Å². The predicted octanol–water partition coefficient (Wildman–Crippen LogP) is 2.92. The quantitative estimate of drug-likeness (QED) is 0.659. The summed E-state index contributed by atoms with van der Waals surface area (Å²) in [4.78, 5) is 32.8. The average Bonchev–Trinajstić information content (AvgIpc) is 2.62. The van der Waals surface area contributed by atoms with Crippen molar-refractivity contribution in [1.29, 1.82) is 0 Å². The number of benzene rings is 1. The molecule has 2 heterocycles. The van der Waals surface area contributed by atoms with Crippen molar-refractivity contribution in [1.82, 2.24) is 14.5 Å². The van der Waals surface area contributed by atoms with Crippen LogP contribution in [-0.4, -0.2) is 36.7 Å². The number of rotatable bonds is 4. The van der Waals surface area contributed by atoms with Gasteiger partial charge in [0.25, 0.3) is 5.56 Å². The zero-order chi connectivity index (χ0) is 21.2. The van der Waals surface area contributed by atoms with E-state index in [9.17, 15) is 13.8 Å². The van der Waals surface area contributed by atoms with Crippen LogP contribution in [-0.2, 0) is 22.1 Å². The van der Waals surface area contributed by atoms with Gasteiger partial charge in [0, 0.05) is 29.6 Å². The van der Waals surface area contributed by atoms with Gasteiger partial charge in [-0.3, -0.25) is 18.9 Å². The van der Waals surface area contributed by atoms with Crippen LogP contribution >= 0.6 is 0 Å². The number of carbonyl (C=O) groups excluding carboxylic acids is 1. The van der Waals surface area contributed by atoms with Crippen molar-refractivity contribution in [3.8, 4) is 0 Å². The van der Waals surface area contributed by atoms with Crippen LogP contribution in [0, 0.1) is 0 Å². The number of ether oxygens (including phenoxy) is 1. The van der Waals surface area contributed by atoms with Crippen molar-refractivity contribution in [2.75, 3.05) is 11.6 Å². The topological polar surface area (TPSA) is 103 Å². The van der Waals surface area contributed by atoms with Crippen LogP contribution in [0.25, 0.3) is 11.0 Å². The molecule has 0 aliphatic heterocycles. The maximum Gasteiger partial charge on any atom is 0.412 e. The Bertz CT molecular complexity index is 1150. The third-order valence-electron chi connectivity index (χ3n) is 3.87. The van der Waals surface area contributed by atoms with Gasteiger partial charge in [0.2, 0.25) is 5.16 Å². The molecule has 9 heteroatoms. The molecule has 1 atom stereocenters. The Morgan fingerprint density at radius 1 is 1.24 bits per heavy atom. The summed E-state index contributed by atoms with van der Waals surface area (Å²) in [6, 6.07) is 10.2. The Morgan fingerprint density at radius 3 is 2.69 bits per heavy atom. The van der Waals surface area contributed by atoms with E-state index in [1.165, 1.54) is 16.9 Å². The van der Waals surface area contributed by atoms with Crippen LogP contribution in [0.5, 0.6) is 0 Å². The molecule has 1 unspecified atom stereocenters. The highest BCUT2D eigenvalue weighted by atomic mass is 32.2. The second kappa shape index (κ2) is 8.12. The highest BCUT2D eigenvalue weighted by molar-refractivity contribution is 7.84. The predicted molar refractivity (Wildman–Crippen MR) is 112 cm³/mol. The van der Waals surface area contributed by atoms with Crippen LogP contribution in [0.2, 0.25) is 0 Å². The Morgan fingerprint density at radius 2 is 2.00 bits per heavy atom. The van der Waals surface area contributed by atoms with Crippen molar-refractivity contribution < 1.29 is 13.7 Å². The second-order valence-corrected chi connectivity index (χ2v) is 8.74. The molecule has 3 aromatic rings. The molecule has 0 spiro atoms. The molecular weight excluding hydrogens is 392 g/mol. The van der Waals surface area contributed by atoms with Crippen molar-refractivity contribution in [2.45, 2.75) is 38.1 Å². The molecular formula is C20H22N4O4S. The largest absolute Gasteiger partial charge is 0.444 e. The monoisotopic (exact) mass is 414 g/mol. The van der Waals surface area contributed by atoms with Crippen molar-refractivity contribution in [3.63, 3.8) is 0 Å². The summed E-state index contributed by atoms with van der Waals surface area (Å²) in [5, 5.41) is 3.52. The van der Waals surface area contributed by atoms with Gasteiger partial charge in [-0.1, -0.05) is 12.1 Å². The lowest BCUT2D eigenvalue weighted by atomic mass is 10.2. The highest BCUT2D eigenvalue weighted by Gasteiger charge is 2.16. The number of nitrogens with one attached hydrogen (secondary N) is 1. The SMILES string of the molecule is CS(=O)c1ncc2ccc(=O)n(Cc3cccc(NC(=O)OC(C)(C)C)c3)c2n1. The number of aromatic nitrogens is 3. The molecule has 0 saturated heterocycles. The third kappa shape index (κ3) is 5.26. The molecule has 152 valence electrons. The van der Waals surface area contributed by atoms with Gasteiger partial charge in [0.1, 0.15) is 11.2 Å². The maximum atomic E-state index is 12.5. The van der Waals surface area contributed by atoms with E-state index in [0.717, 1.165) is 5.56 Å². The smallest absolute Gasteiger partial charge is 0.412 e. The summed E-state index contributed by atoms with van der Waals surface area (Å²) >= 11 is 0. The summed E-state index contributed by atoms with van der Waals surface area (Å²) in [5.41, 5.74) is 0.896. The van der Waals surface area contributed by atoms with E-state index in [1.807, 2.05) is 6.07 Å². The fourth-order valence-corrected chi connectivity index (χ4v) is 3.11. The summed E-state index contributed by atoms with van der Waals surface area (Å²) < 4.78 is 18.5. The number of amides is 1. The van der Waals surface area contributed by atoms with Gasteiger partial charge >= 0.3 is 6.09 Å². The van der Waals surface area contributed by atoms with Crippen LogP contribution in [0.1, 0.15) is 26.3 Å². The Labute approximate surface area is 170 Å². The molecule has 1 amide bonds. The first kappa shape index (κ1) is 20.7. The number of nitrogens with zero attached hydrogens (tertiary/aromatic N) is 3. The van der Waals surface area contributed by atoms with Crippen LogP contribution in [0.4, 0.5) is 10.5 Å². The highest BCUT2D eigenvalue weighted by Crippen LogP contribution is 2.16. The Balaban J connectivity index is 1.92. The first-order chi connectivity index (χ1) is 13.6. The number of hydrogen-bond acceptors (Lipinski definition) is 6. The van der Waals surface area contributed by atoms with E-state index < -0.39 is 22.5 Å². The first-order valence-corrected chi connectivity index (χ1v) is 10.5. The lowest BCUT2D eigenvalue weighted by Crippen LogP contribution is -2.27. The molecule has 3 rings (SSSR count). The van der Waals surface area contributed by atoms with E-state index in [2.05, 4.69) is 15.3 Å². The Hall–Kier alpha value is -3.07. The molecule has 8 nitrogen and oxygen atoms in total. The lowest BCUT2D eigenvalue weighted by Gasteiger charge is -2.19. The van der Waals surface area contributed by atoms with E-state index in [0.29, 0.717) is 16.7 Å². The number of pyridine rings is 1. The summed E-state index contributed by atoms with van der Waals surface area (Å²) in [5.74, 6) is 0. The molecule has 0 aliphatic carbocycles. The van der Waals surface area contributed by atoms with Gasteiger partial charge in [-0.05, 0) is 44.5 Å². The van der Waals surface area contributed by atoms with Gasteiger partial charge in [-0.25, -0.2) is 14.8 Å². The Kier molecular flexibility index (Phi) is 5.78. The molecule has 2 aromatic heterocycles. The normalized spacial score (nSPS) is 12.6. The van der Waals surface area contributed by atoms with Gasteiger partial charge in [-0.2, -0.15) is 0 Å². The third-order valence-corrected chi connectivity index (χ3v) is 4.58. The molecule has 1 N–H and O–H groups in total. The molecule has 29 heavy (non-hydrogen) atoms. The van der Waals surface area contributed by atoms with Crippen molar-refractivity contribution in [3.05, 3.63) is 58.5 Å². The lowest BCUT2D eigenvalue weighted by molar-refractivity contribution is 0.0636. The molecule has 0 aliphatic rings. The van der Waals surface area contributed by atoms with Crippen LogP contribution in [0.3, 0.4) is 0 Å². The van der Waals surface area contributed by atoms with Crippen molar-refractivity contribution >= 4 is 33.6 Å². The minimum Gasteiger partial charge on any atom is -0.444 e. The summed E-state index contributed by atoms with van der Waals surface area (Å²) in [6.45, 7) is 5.59. The number of carbonyl (C=O) groups is 1. The minimum absolute atomic E-state index is 0.164. The van der Waals surface area contributed by atoms with Crippen molar-refractivity contribution in [2.24, 2.45) is 0 Å². The van der Waals surface area contributed by atoms with Gasteiger partial charge in [-0.15, -0.1) is 0 Å². The van der Waals surface area contributed by atoms with Gasteiger partial charge in [0.15, 0.2) is 0 Å². The fraction of sp³-hybridized carbons (Fsp3) is 0.300. The van der Waals surface area contributed by atoms with E-state index >= 15 is 0 Å². The van der Waals surface area contributed by atoms with E-state index in [-0.39, 0.29) is 17.3 Å². The number of anilines is 1. The second-order valence-electron chi connectivity index (χ2n) is 7.47. The molecule has 1 aromatic carbocycles. The fourth-order valence-electron chi connectivity index (χ4n) is 2.70. The van der Waals surface area contributed by atoms with Gasteiger partial charge in [0.05, 0.1) is 17.3 Å². The number of hydrogen-bond donors (Lipinski definition) is 1. The minimum atomic E-state index is -1.36. The molecule has 0 bridgehead atoms. The van der Waals surface area contributed by atoms with E-state index in [1.54, 1.807) is 51.2 Å². The van der Waals surface area contributed by atoms with Crippen LogP contribution < -0.4 is 10.9 Å². The average molecular weight is 414 g/mol. The van der Waals surface area contributed by atoms with E-state index in [4.69, 9.17) is 4.74 Å². The zero-order valence-electron chi connectivity index (χ0n) is 16.6. The molecule has 0 fully saturated rings. The number of fused-ring (bicyclic) bond motifs is 1. The molecule has 0 radical (unpaired) electrons. The first-order valence-electron chi connectivity index (χ1n) is 8.91.